The van der Waals surface area contributed by atoms with Crippen molar-refractivity contribution in [3.8, 4) is 0 Å². The number of amides is 2. The number of nitrogens with zero attached hydrogens (tertiary/aromatic N) is 5. The van der Waals surface area contributed by atoms with Gasteiger partial charge in [-0.15, -0.1) is 0 Å². The molecule has 0 saturated heterocycles. The van der Waals surface area contributed by atoms with Gasteiger partial charge in [-0.1, -0.05) is 12.2 Å². The Balaban J connectivity index is 1.41. The van der Waals surface area contributed by atoms with Crippen LogP contribution < -0.4 is 10.6 Å². The molecule has 2 aromatic heterocycles. The van der Waals surface area contributed by atoms with Crippen LogP contribution in [-0.4, -0.2) is 37.1 Å². The molecule has 140 valence electrons. The molecular formula is C18H27N7O. The molecule has 0 saturated carbocycles. The maximum Gasteiger partial charge on any atom is 0.320 e. The van der Waals surface area contributed by atoms with Crippen molar-refractivity contribution in [1.82, 2.24) is 29.9 Å². The van der Waals surface area contributed by atoms with Gasteiger partial charge in [-0.2, -0.15) is 10.2 Å². The van der Waals surface area contributed by atoms with E-state index < -0.39 is 0 Å². The van der Waals surface area contributed by atoms with E-state index in [0.717, 1.165) is 49.8 Å². The smallest absolute Gasteiger partial charge is 0.320 e. The first-order valence-electron chi connectivity index (χ1n) is 9.21. The summed E-state index contributed by atoms with van der Waals surface area (Å²) in [6, 6.07) is 1.63. The van der Waals surface area contributed by atoms with E-state index in [9.17, 15) is 4.79 Å². The van der Waals surface area contributed by atoms with Gasteiger partial charge in [-0.3, -0.25) is 10.00 Å². The monoisotopic (exact) mass is 357 g/mol. The fourth-order valence-electron chi connectivity index (χ4n) is 3.22. The molecule has 2 amide bonds. The Morgan fingerprint density at radius 3 is 2.92 bits per heavy atom. The molecule has 8 heteroatoms. The molecule has 3 rings (SSSR count). The molecule has 2 N–H and O–H groups in total. The van der Waals surface area contributed by atoms with Crippen molar-refractivity contribution in [1.29, 1.82) is 0 Å². The van der Waals surface area contributed by atoms with Crippen LogP contribution in [0.5, 0.6) is 0 Å². The molecule has 0 bridgehead atoms. The lowest BCUT2D eigenvalue weighted by Gasteiger charge is -2.19. The van der Waals surface area contributed by atoms with Gasteiger partial charge in [-0.05, 0) is 45.4 Å². The van der Waals surface area contributed by atoms with Crippen LogP contribution in [0.15, 0.2) is 24.4 Å². The third kappa shape index (κ3) is 4.93. The van der Waals surface area contributed by atoms with Crippen molar-refractivity contribution in [3.05, 3.63) is 36.1 Å². The summed E-state index contributed by atoms with van der Waals surface area (Å²) in [7, 11) is 0. The Bertz CT molecular complexity index is 761. The minimum atomic E-state index is -0.207. The standard InChI is InChI=1S/C18H27N7O/c1-14-21-15(2)24(23-14)12-6-10-19-18(26)22-17-9-11-20-25(17)13-16-7-4-3-5-8-16/h3-4,9,11,16H,5-8,10,12-13H2,1-2H3,(H2,19,22,26)/t16-/m1/s1. The molecule has 1 aliphatic carbocycles. The van der Waals surface area contributed by atoms with Gasteiger partial charge in [-0.25, -0.2) is 14.5 Å². The van der Waals surface area contributed by atoms with Crippen LogP contribution in [0.4, 0.5) is 10.6 Å². The van der Waals surface area contributed by atoms with Crippen LogP contribution in [0.3, 0.4) is 0 Å². The van der Waals surface area contributed by atoms with Gasteiger partial charge in [0.2, 0.25) is 0 Å². The molecule has 26 heavy (non-hydrogen) atoms. The summed E-state index contributed by atoms with van der Waals surface area (Å²) in [6.07, 6.45) is 10.4. The van der Waals surface area contributed by atoms with Crippen molar-refractivity contribution in [2.75, 3.05) is 11.9 Å². The molecule has 8 nitrogen and oxygen atoms in total. The van der Waals surface area contributed by atoms with Gasteiger partial charge in [0.1, 0.15) is 17.5 Å². The molecule has 0 radical (unpaired) electrons. The summed E-state index contributed by atoms with van der Waals surface area (Å²) in [5.74, 6) is 2.99. The highest BCUT2D eigenvalue weighted by atomic mass is 16.2. The lowest BCUT2D eigenvalue weighted by Crippen LogP contribution is -2.31. The number of hydrogen-bond acceptors (Lipinski definition) is 4. The lowest BCUT2D eigenvalue weighted by atomic mass is 9.94. The van der Waals surface area contributed by atoms with Crippen molar-refractivity contribution in [2.24, 2.45) is 5.92 Å². The lowest BCUT2D eigenvalue weighted by molar-refractivity contribution is 0.251. The quantitative estimate of drug-likeness (QED) is 0.589. The Kier molecular flexibility index (Phi) is 6.04. The van der Waals surface area contributed by atoms with E-state index >= 15 is 0 Å². The molecule has 0 fully saturated rings. The topological polar surface area (TPSA) is 89.7 Å². The number of urea groups is 1. The maximum absolute atomic E-state index is 12.1. The van der Waals surface area contributed by atoms with Crippen molar-refractivity contribution in [2.45, 2.75) is 52.6 Å². The van der Waals surface area contributed by atoms with E-state index in [4.69, 9.17) is 0 Å². The van der Waals surface area contributed by atoms with E-state index in [1.54, 1.807) is 6.20 Å². The zero-order valence-electron chi connectivity index (χ0n) is 15.5. The highest BCUT2D eigenvalue weighted by Crippen LogP contribution is 2.21. The number of carbonyl (C=O) groups excluding carboxylic acids is 1. The third-order valence-corrected chi connectivity index (χ3v) is 4.56. The first-order chi connectivity index (χ1) is 12.6. The summed E-state index contributed by atoms with van der Waals surface area (Å²) in [6.45, 7) is 5.95. The van der Waals surface area contributed by atoms with E-state index in [-0.39, 0.29) is 6.03 Å². The van der Waals surface area contributed by atoms with Crippen LogP contribution in [0.2, 0.25) is 0 Å². The Hall–Kier alpha value is -2.64. The van der Waals surface area contributed by atoms with E-state index in [2.05, 4.69) is 38.0 Å². The van der Waals surface area contributed by atoms with Gasteiger partial charge < -0.3 is 5.32 Å². The highest BCUT2D eigenvalue weighted by Gasteiger charge is 2.14. The van der Waals surface area contributed by atoms with Crippen LogP contribution in [0.25, 0.3) is 0 Å². The van der Waals surface area contributed by atoms with Crippen LogP contribution in [0.1, 0.15) is 37.3 Å². The average Bonchev–Trinajstić information content (AvgIpc) is 3.18. The second-order valence-corrected chi connectivity index (χ2v) is 6.71. The number of aromatic nitrogens is 5. The molecular weight excluding hydrogens is 330 g/mol. The first kappa shape index (κ1) is 18.2. The number of aryl methyl sites for hydroxylation is 3. The number of rotatable bonds is 7. The molecule has 0 aliphatic heterocycles. The van der Waals surface area contributed by atoms with Gasteiger partial charge in [0.05, 0.1) is 6.20 Å². The summed E-state index contributed by atoms with van der Waals surface area (Å²) >= 11 is 0. The molecule has 1 aliphatic rings. The van der Waals surface area contributed by atoms with Crippen LogP contribution in [-0.2, 0) is 13.1 Å². The van der Waals surface area contributed by atoms with Crippen molar-refractivity contribution in [3.63, 3.8) is 0 Å². The van der Waals surface area contributed by atoms with Crippen LogP contribution >= 0.6 is 0 Å². The van der Waals surface area contributed by atoms with E-state index in [0.29, 0.717) is 12.5 Å². The highest BCUT2D eigenvalue weighted by molar-refractivity contribution is 5.88. The normalized spacial score (nSPS) is 16.6. The second-order valence-electron chi connectivity index (χ2n) is 6.71. The summed E-state index contributed by atoms with van der Waals surface area (Å²) in [5, 5.41) is 14.4. The minimum Gasteiger partial charge on any atom is -0.338 e. The summed E-state index contributed by atoms with van der Waals surface area (Å²) in [4.78, 5) is 16.4. The molecule has 0 unspecified atom stereocenters. The third-order valence-electron chi connectivity index (χ3n) is 4.56. The fraction of sp³-hybridized carbons (Fsp3) is 0.556. The summed E-state index contributed by atoms with van der Waals surface area (Å²) < 4.78 is 3.74. The first-order valence-corrected chi connectivity index (χ1v) is 9.21. The SMILES string of the molecule is Cc1nc(C)n(CCCNC(=O)Nc2ccnn2C[C@@H]2CC=CCC2)n1. The summed E-state index contributed by atoms with van der Waals surface area (Å²) in [5.41, 5.74) is 0. The molecule has 1 atom stereocenters. The number of anilines is 1. The fourth-order valence-corrected chi connectivity index (χ4v) is 3.22. The number of nitrogens with one attached hydrogen (secondary N) is 2. The Morgan fingerprint density at radius 2 is 2.19 bits per heavy atom. The predicted octanol–water partition coefficient (Wildman–Crippen LogP) is 2.66. The molecule has 2 aromatic rings. The Labute approximate surface area is 153 Å². The number of carbonyl (C=O) groups is 1. The van der Waals surface area contributed by atoms with Gasteiger partial charge in [0, 0.05) is 25.7 Å². The number of allylic oxidation sites excluding steroid dienone is 2. The van der Waals surface area contributed by atoms with Crippen molar-refractivity contribution < 1.29 is 4.79 Å². The van der Waals surface area contributed by atoms with Crippen molar-refractivity contribution >= 4 is 11.8 Å². The van der Waals surface area contributed by atoms with Gasteiger partial charge in [0.25, 0.3) is 0 Å². The average molecular weight is 357 g/mol. The van der Waals surface area contributed by atoms with E-state index in [1.807, 2.05) is 29.3 Å². The predicted molar refractivity (Wildman–Crippen MR) is 99.8 cm³/mol. The second kappa shape index (κ2) is 8.64. The minimum absolute atomic E-state index is 0.207. The zero-order chi connectivity index (χ0) is 18.4. The molecule has 2 heterocycles. The molecule has 0 spiro atoms. The van der Waals surface area contributed by atoms with Gasteiger partial charge in [0.15, 0.2) is 0 Å². The van der Waals surface area contributed by atoms with Gasteiger partial charge >= 0.3 is 6.03 Å². The Morgan fingerprint density at radius 1 is 1.31 bits per heavy atom. The molecule has 0 aromatic carbocycles. The largest absolute Gasteiger partial charge is 0.338 e. The number of hydrogen-bond donors (Lipinski definition) is 2. The van der Waals surface area contributed by atoms with E-state index in [1.165, 1.54) is 6.42 Å². The maximum atomic E-state index is 12.1. The zero-order valence-corrected chi connectivity index (χ0v) is 15.5. The van der Waals surface area contributed by atoms with Crippen LogP contribution in [0, 0.1) is 19.8 Å².